The van der Waals surface area contributed by atoms with Crippen molar-refractivity contribution in [2.24, 2.45) is 0 Å². The van der Waals surface area contributed by atoms with Crippen molar-refractivity contribution in [2.75, 3.05) is 40.0 Å². The van der Waals surface area contributed by atoms with E-state index >= 15 is 0 Å². The Kier molecular flexibility index (Phi) is 5.49. The Morgan fingerprint density at radius 1 is 1.17 bits per heavy atom. The number of thioether (sulfide) groups is 1. The minimum absolute atomic E-state index is 0.115. The number of benzene rings is 1. The molecule has 3 heterocycles. The Balaban J connectivity index is 1.38. The lowest BCUT2D eigenvalue weighted by Crippen LogP contribution is -2.44. The number of Topliss-reactive ketones (excluding diaryl/α,β-unsaturated/α-hetero) is 1. The highest BCUT2D eigenvalue weighted by molar-refractivity contribution is 8.02. The van der Waals surface area contributed by atoms with Crippen molar-refractivity contribution in [3.63, 3.8) is 0 Å². The van der Waals surface area contributed by atoms with E-state index in [4.69, 9.17) is 18.9 Å². The second-order valence-corrected chi connectivity index (χ2v) is 9.55. The topological polar surface area (TPSA) is 89.6 Å². The number of fused-ring (bicyclic) bond motifs is 5. The van der Waals surface area contributed by atoms with Crippen molar-refractivity contribution in [3.05, 3.63) is 69.2 Å². The van der Waals surface area contributed by atoms with Crippen LogP contribution in [0.15, 0.2) is 58.1 Å². The Hall–Kier alpha value is -3.37. The zero-order valence-electron chi connectivity index (χ0n) is 19.5. The molecule has 3 aliphatic heterocycles. The van der Waals surface area contributed by atoms with Crippen LogP contribution < -0.4 is 14.9 Å². The normalized spacial score (nSPS) is 22.0. The highest BCUT2D eigenvalue weighted by Crippen LogP contribution is 2.51. The quantitative estimate of drug-likeness (QED) is 0.573. The monoisotopic (exact) mass is 495 g/mol. The highest BCUT2D eigenvalue weighted by Gasteiger charge is 2.47. The zero-order chi connectivity index (χ0) is 24.1. The van der Waals surface area contributed by atoms with E-state index < -0.39 is 0 Å². The number of nitrogens with zero attached hydrogens (tertiary/aromatic N) is 2. The SMILES string of the molecule is COC1=C(OC)C(=O)C2=C3Cc4cc5c(cc4C3N(CCCNN3C=CSC3)C(=O)C2=C1)OCO5. The summed E-state index contributed by atoms with van der Waals surface area (Å²) in [5, 5.41) is 4.07. The predicted octanol–water partition coefficient (Wildman–Crippen LogP) is 2.54. The molecule has 1 aromatic rings. The molecule has 1 N–H and O–H groups in total. The third-order valence-electron chi connectivity index (χ3n) is 6.83. The molecule has 0 saturated carbocycles. The van der Waals surface area contributed by atoms with Crippen molar-refractivity contribution >= 4 is 23.5 Å². The summed E-state index contributed by atoms with van der Waals surface area (Å²) in [5.74, 6) is 2.10. The average molecular weight is 496 g/mol. The number of carbonyl (C=O) groups excluding carboxylic acids is 2. The summed E-state index contributed by atoms with van der Waals surface area (Å²) in [7, 11) is 2.91. The van der Waals surface area contributed by atoms with Gasteiger partial charge in [-0.1, -0.05) is 0 Å². The molecule has 1 aromatic carbocycles. The summed E-state index contributed by atoms with van der Waals surface area (Å²) >= 11 is 1.72. The van der Waals surface area contributed by atoms with E-state index in [1.165, 1.54) is 14.2 Å². The largest absolute Gasteiger partial charge is 0.493 e. The minimum atomic E-state index is -0.340. The van der Waals surface area contributed by atoms with Crippen LogP contribution in [0.2, 0.25) is 0 Å². The fourth-order valence-electron chi connectivity index (χ4n) is 5.28. The summed E-state index contributed by atoms with van der Waals surface area (Å²) < 4.78 is 22.0. The smallest absolute Gasteiger partial charge is 0.255 e. The number of hydrazine groups is 1. The van der Waals surface area contributed by atoms with Gasteiger partial charge in [0.05, 0.1) is 31.7 Å². The zero-order valence-corrected chi connectivity index (χ0v) is 20.3. The molecule has 1 amide bonds. The number of carbonyl (C=O) groups is 2. The van der Waals surface area contributed by atoms with E-state index in [0.717, 1.165) is 35.5 Å². The molecule has 0 aromatic heterocycles. The summed E-state index contributed by atoms with van der Waals surface area (Å²) in [6, 6.07) is 3.58. The van der Waals surface area contributed by atoms with Gasteiger partial charge < -0.3 is 28.9 Å². The second-order valence-electron chi connectivity index (χ2n) is 8.68. The number of nitrogens with one attached hydrogen (secondary N) is 1. The van der Waals surface area contributed by atoms with Crippen LogP contribution >= 0.6 is 11.8 Å². The van der Waals surface area contributed by atoms with Crippen LogP contribution in [0, 0.1) is 0 Å². The van der Waals surface area contributed by atoms with Gasteiger partial charge >= 0.3 is 0 Å². The van der Waals surface area contributed by atoms with Crippen LogP contribution in [0.25, 0.3) is 0 Å². The molecule has 5 aliphatic rings. The summed E-state index contributed by atoms with van der Waals surface area (Å²) in [5.41, 5.74) is 7.06. The molecular formula is C25H25N3O6S. The summed E-state index contributed by atoms with van der Waals surface area (Å²) in [6.45, 7) is 1.43. The van der Waals surface area contributed by atoms with E-state index in [0.29, 0.717) is 35.6 Å². The summed E-state index contributed by atoms with van der Waals surface area (Å²) in [6.07, 6.45) is 4.93. The van der Waals surface area contributed by atoms with Gasteiger partial charge in [-0.25, -0.2) is 5.43 Å². The van der Waals surface area contributed by atoms with Gasteiger partial charge in [0.15, 0.2) is 17.3 Å². The number of rotatable bonds is 7. The van der Waals surface area contributed by atoms with Crippen molar-refractivity contribution in [1.29, 1.82) is 0 Å². The van der Waals surface area contributed by atoms with Crippen LogP contribution in [0.4, 0.5) is 0 Å². The fraction of sp³-hybridized carbons (Fsp3) is 0.360. The van der Waals surface area contributed by atoms with Gasteiger partial charge in [-0.3, -0.25) is 9.59 Å². The molecule has 6 rings (SSSR count). The standard InChI is InChI=1S/C25H25N3O6S/c1-31-20-11-17-21(23(29)24(20)32-2)16-8-14-9-18-19(34-13-33-18)10-15(14)22(16)28(25(17)30)5-3-4-26-27-6-7-35-12-27/h6-7,9-11,22,26H,3-5,8,12-13H2,1-2H3. The molecule has 0 saturated heterocycles. The second kappa shape index (κ2) is 8.69. The predicted molar refractivity (Wildman–Crippen MR) is 128 cm³/mol. The molecule has 10 heteroatoms. The van der Waals surface area contributed by atoms with E-state index in [1.54, 1.807) is 17.8 Å². The van der Waals surface area contributed by atoms with Gasteiger partial charge in [-0.05, 0) is 53.2 Å². The number of ketones is 1. The van der Waals surface area contributed by atoms with Crippen LogP contribution in [0.1, 0.15) is 23.6 Å². The maximum atomic E-state index is 13.8. The molecule has 1 atom stereocenters. The molecule has 9 nitrogen and oxygen atoms in total. The number of hydrogen-bond donors (Lipinski definition) is 1. The molecule has 0 spiro atoms. The molecule has 2 aliphatic carbocycles. The lowest BCUT2D eigenvalue weighted by atomic mass is 9.82. The first-order chi connectivity index (χ1) is 17.1. The fourth-order valence-corrected chi connectivity index (χ4v) is 5.94. The first-order valence-electron chi connectivity index (χ1n) is 11.4. The maximum absolute atomic E-state index is 13.8. The third kappa shape index (κ3) is 3.51. The number of amides is 1. The highest BCUT2D eigenvalue weighted by atomic mass is 32.2. The van der Waals surface area contributed by atoms with Gasteiger partial charge in [0.1, 0.15) is 0 Å². The number of methoxy groups -OCH3 is 2. The van der Waals surface area contributed by atoms with Gasteiger partial charge in [-0.2, -0.15) is 0 Å². The van der Waals surface area contributed by atoms with E-state index in [-0.39, 0.29) is 36.0 Å². The lowest BCUT2D eigenvalue weighted by molar-refractivity contribution is -0.130. The van der Waals surface area contributed by atoms with Crippen LogP contribution in [-0.4, -0.2) is 61.6 Å². The van der Waals surface area contributed by atoms with Gasteiger partial charge in [-0.15, -0.1) is 11.8 Å². The molecule has 0 radical (unpaired) electrons. The first-order valence-corrected chi connectivity index (χ1v) is 12.5. The molecule has 182 valence electrons. The summed E-state index contributed by atoms with van der Waals surface area (Å²) in [4.78, 5) is 29.2. The lowest BCUT2D eigenvalue weighted by Gasteiger charge is -2.38. The molecule has 0 fully saturated rings. The number of hydrogen-bond acceptors (Lipinski definition) is 9. The van der Waals surface area contributed by atoms with E-state index in [9.17, 15) is 9.59 Å². The Morgan fingerprint density at radius 3 is 2.74 bits per heavy atom. The minimum Gasteiger partial charge on any atom is -0.493 e. The van der Waals surface area contributed by atoms with Crippen LogP contribution in [-0.2, 0) is 25.5 Å². The van der Waals surface area contributed by atoms with E-state index in [1.807, 2.05) is 33.6 Å². The first kappa shape index (κ1) is 22.1. The molecule has 1 unspecified atom stereocenters. The average Bonchev–Trinajstić information content (AvgIpc) is 3.61. The van der Waals surface area contributed by atoms with Crippen LogP contribution in [0.5, 0.6) is 11.5 Å². The van der Waals surface area contributed by atoms with E-state index in [2.05, 4.69) is 5.43 Å². The Bertz CT molecular complexity index is 1250. The molecule has 35 heavy (non-hydrogen) atoms. The van der Waals surface area contributed by atoms with Crippen molar-refractivity contribution < 1.29 is 28.5 Å². The Labute approximate surface area is 207 Å². The van der Waals surface area contributed by atoms with Crippen molar-refractivity contribution in [3.8, 4) is 11.5 Å². The molecule has 0 bridgehead atoms. The van der Waals surface area contributed by atoms with Gasteiger partial charge in [0.2, 0.25) is 18.3 Å². The van der Waals surface area contributed by atoms with Crippen molar-refractivity contribution in [2.45, 2.75) is 18.9 Å². The third-order valence-corrected chi connectivity index (χ3v) is 7.57. The Morgan fingerprint density at radius 2 is 2.00 bits per heavy atom. The van der Waals surface area contributed by atoms with Crippen molar-refractivity contribution in [1.82, 2.24) is 15.3 Å². The van der Waals surface area contributed by atoms with Crippen LogP contribution in [0.3, 0.4) is 0 Å². The number of allylic oxidation sites excluding steroid dienone is 2. The van der Waals surface area contributed by atoms with Gasteiger partial charge in [0, 0.05) is 24.9 Å². The van der Waals surface area contributed by atoms with Gasteiger partial charge in [0.25, 0.3) is 5.91 Å². The maximum Gasteiger partial charge on any atom is 0.255 e. The number of ether oxygens (including phenoxy) is 4. The molecular weight excluding hydrogens is 470 g/mol.